The molecule has 1 aromatic heterocycles. The van der Waals surface area contributed by atoms with Crippen LogP contribution in [0.3, 0.4) is 0 Å². The molecule has 1 aliphatic heterocycles. The molecule has 158 valence electrons. The maximum atomic E-state index is 14.3. The number of carbonyl (C=O) groups is 2. The number of carboxylic acid groups (broad SMARTS) is 1. The van der Waals surface area contributed by atoms with E-state index in [2.05, 4.69) is 0 Å². The van der Waals surface area contributed by atoms with E-state index in [0.717, 1.165) is 22.2 Å². The van der Waals surface area contributed by atoms with Crippen molar-refractivity contribution in [1.29, 1.82) is 0 Å². The second-order valence-electron chi connectivity index (χ2n) is 7.17. The van der Waals surface area contributed by atoms with E-state index in [1.807, 2.05) is 41.8 Å². The first-order valence-electron chi connectivity index (χ1n) is 9.65. The maximum absolute atomic E-state index is 14.3. The summed E-state index contributed by atoms with van der Waals surface area (Å²) in [4.78, 5) is 25.5. The molecule has 0 radical (unpaired) electrons. The van der Waals surface area contributed by atoms with Crippen molar-refractivity contribution in [3.05, 3.63) is 76.1 Å². The van der Waals surface area contributed by atoms with Crippen molar-refractivity contribution in [2.45, 2.75) is 19.9 Å². The molecule has 0 atom stereocenters. The standard InChI is InChI=1S/C23H19FN2O3S2/c1-14-17(12-20-22(29)25(23(30)31-20)11-10-21(27)28)16-7-3-5-9-19(16)26(14)13-15-6-2-4-8-18(15)24/h2-9,12H,10-11,13H2,1H3,(H,27,28)/b20-12+. The molecule has 2 heterocycles. The second-order valence-corrected chi connectivity index (χ2v) is 8.85. The predicted octanol–water partition coefficient (Wildman–Crippen LogP) is 4.81. The monoisotopic (exact) mass is 454 g/mol. The first kappa shape index (κ1) is 21.3. The number of carboxylic acids is 1. The van der Waals surface area contributed by atoms with Crippen LogP contribution in [0, 0.1) is 12.7 Å². The molecule has 0 spiro atoms. The number of hydrogen-bond acceptors (Lipinski definition) is 4. The first-order valence-corrected chi connectivity index (χ1v) is 10.9. The van der Waals surface area contributed by atoms with Gasteiger partial charge >= 0.3 is 5.97 Å². The molecule has 1 aliphatic rings. The number of amides is 1. The summed E-state index contributed by atoms with van der Waals surface area (Å²) in [6, 6.07) is 14.5. The molecule has 0 bridgehead atoms. The summed E-state index contributed by atoms with van der Waals surface area (Å²) in [6.07, 6.45) is 1.64. The van der Waals surface area contributed by atoms with E-state index in [4.69, 9.17) is 17.3 Å². The number of fused-ring (bicyclic) bond motifs is 1. The number of para-hydroxylation sites is 1. The van der Waals surface area contributed by atoms with Crippen LogP contribution >= 0.6 is 24.0 Å². The zero-order chi connectivity index (χ0) is 22.1. The Morgan fingerprint density at radius 2 is 1.90 bits per heavy atom. The summed E-state index contributed by atoms with van der Waals surface area (Å²) in [7, 11) is 0. The van der Waals surface area contributed by atoms with Gasteiger partial charge in [-0.05, 0) is 25.1 Å². The number of benzene rings is 2. The largest absolute Gasteiger partial charge is 0.481 e. The van der Waals surface area contributed by atoms with Gasteiger partial charge < -0.3 is 9.67 Å². The minimum absolute atomic E-state index is 0.0470. The Balaban J connectivity index is 1.74. The van der Waals surface area contributed by atoms with Gasteiger partial charge in [0.15, 0.2) is 0 Å². The zero-order valence-electron chi connectivity index (χ0n) is 16.7. The Morgan fingerprint density at radius 1 is 1.19 bits per heavy atom. The lowest BCUT2D eigenvalue weighted by Gasteiger charge is -2.12. The lowest BCUT2D eigenvalue weighted by Crippen LogP contribution is -2.30. The summed E-state index contributed by atoms with van der Waals surface area (Å²) in [6.45, 7) is 2.36. The van der Waals surface area contributed by atoms with Crippen LogP contribution in [0.4, 0.5) is 4.39 Å². The molecule has 31 heavy (non-hydrogen) atoms. The van der Waals surface area contributed by atoms with E-state index in [1.165, 1.54) is 22.7 Å². The Hall–Kier alpha value is -2.97. The lowest BCUT2D eigenvalue weighted by atomic mass is 10.1. The van der Waals surface area contributed by atoms with Crippen LogP contribution in [0.15, 0.2) is 53.4 Å². The predicted molar refractivity (Wildman–Crippen MR) is 124 cm³/mol. The van der Waals surface area contributed by atoms with Crippen molar-refractivity contribution >= 4 is 57.2 Å². The van der Waals surface area contributed by atoms with Gasteiger partial charge in [-0.15, -0.1) is 0 Å². The third-order valence-electron chi connectivity index (χ3n) is 5.26. The Kier molecular flexibility index (Phi) is 5.93. The van der Waals surface area contributed by atoms with Crippen LogP contribution in [0.1, 0.15) is 23.2 Å². The molecular formula is C23H19FN2O3S2. The zero-order valence-corrected chi connectivity index (χ0v) is 18.3. The summed E-state index contributed by atoms with van der Waals surface area (Å²) in [5.74, 6) is -1.53. The smallest absolute Gasteiger partial charge is 0.305 e. The molecule has 1 amide bonds. The number of nitrogens with zero attached hydrogens (tertiary/aromatic N) is 2. The third-order valence-corrected chi connectivity index (χ3v) is 6.64. The number of hydrogen-bond donors (Lipinski definition) is 1. The maximum Gasteiger partial charge on any atom is 0.305 e. The average molecular weight is 455 g/mol. The van der Waals surface area contributed by atoms with Gasteiger partial charge in [0.25, 0.3) is 5.91 Å². The quantitative estimate of drug-likeness (QED) is 0.428. The summed E-state index contributed by atoms with van der Waals surface area (Å²) >= 11 is 6.45. The van der Waals surface area contributed by atoms with Crippen molar-refractivity contribution in [3.8, 4) is 0 Å². The number of aliphatic carboxylic acids is 1. The Labute approximate surface area is 188 Å². The van der Waals surface area contributed by atoms with Crippen LogP contribution in [0.2, 0.25) is 0 Å². The highest BCUT2D eigenvalue weighted by Gasteiger charge is 2.32. The Bertz CT molecular complexity index is 1250. The first-order chi connectivity index (χ1) is 14.9. The fourth-order valence-electron chi connectivity index (χ4n) is 3.67. The number of rotatable bonds is 6. The van der Waals surface area contributed by atoms with Crippen molar-refractivity contribution < 1.29 is 19.1 Å². The van der Waals surface area contributed by atoms with Gasteiger partial charge in [0, 0.05) is 34.3 Å². The topological polar surface area (TPSA) is 62.5 Å². The minimum atomic E-state index is -0.981. The number of thiocarbonyl (C=S) groups is 1. The highest BCUT2D eigenvalue weighted by molar-refractivity contribution is 8.26. The number of aromatic nitrogens is 1. The molecule has 1 fully saturated rings. The van der Waals surface area contributed by atoms with Gasteiger partial charge in [0.05, 0.1) is 17.9 Å². The van der Waals surface area contributed by atoms with Gasteiger partial charge in [-0.3, -0.25) is 14.5 Å². The molecule has 4 rings (SSSR count). The van der Waals surface area contributed by atoms with Gasteiger partial charge in [0.1, 0.15) is 10.1 Å². The van der Waals surface area contributed by atoms with Gasteiger partial charge in [-0.2, -0.15) is 0 Å². The van der Waals surface area contributed by atoms with E-state index >= 15 is 0 Å². The second kappa shape index (κ2) is 8.64. The van der Waals surface area contributed by atoms with Gasteiger partial charge in [-0.1, -0.05) is 60.4 Å². The summed E-state index contributed by atoms with van der Waals surface area (Å²) in [5.41, 5.74) is 3.29. The van der Waals surface area contributed by atoms with Crippen LogP contribution in [0.25, 0.3) is 17.0 Å². The fraction of sp³-hybridized carbons (Fsp3) is 0.174. The van der Waals surface area contributed by atoms with Crippen molar-refractivity contribution in [1.82, 2.24) is 9.47 Å². The molecule has 0 saturated carbocycles. The van der Waals surface area contributed by atoms with E-state index in [0.29, 0.717) is 21.3 Å². The number of halogens is 1. The summed E-state index contributed by atoms with van der Waals surface area (Å²) < 4.78 is 16.7. The van der Waals surface area contributed by atoms with Crippen LogP contribution in [-0.2, 0) is 16.1 Å². The SMILES string of the molecule is Cc1c(/C=C2/SC(=S)N(CCC(=O)O)C2=O)c2ccccc2n1Cc1ccccc1F. The van der Waals surface area contributed by atoms with Crippen LogP contribution in [0.5, 0.6) is 0 Å². The molecule has 8 heteroatoms. The molecule has 2 aromatic carbocycles. The van der Waals surface area contributed by atoms with Crippen molar-refractivity contribution in [3.63, 3.8) is 0 Å². The highest BCUT2D eigenvalue weighted by atomic mass is 32.2. The number of carbonyl (C=O) groups excluding carboxylic acids is 1. The lowest BCUT2D eigenvalue weighted by molar-refractivity contribution is -0.137. The normalized spacial score (nSPS) is 15.4. The van der Waals surface area contributed by atoms with E-state index in [1.54, 1.807) is 18.2 Å². The number of thioether (sulfide) groups is 1. The molecule has 0 aliphatic carbocycles. The molecular weight excluding hydrogens is 435 g/mol. The highest BCUT2D eigenvalue weighted by Crippen LogP contribution is 2.36. The fourth-order valence-corrected chi connectivity index (χ4v) is 4.96. The van der Waals surface area contributed by atoms with E-state index < -0.39 is 5.97 Å². The van der Waals surface area contributed by atoms with Crippen molar-refractivity contribution in [2.75, 3.05) is 6.54 Å². The van der Waals surface area contributed by atoms with Gasteiger partial charge in [-0.25, -0.2) is 4.39 Å². The van der Waals surface area contributed by atoms with Crippen LogP contribution in [-0.4, -0.2) is 37.3 Å². The molecule has 1 saturated heterocycles. The molecule has 1 N–H and O–H groups in total. The Morgan fingerprint density at radius 3 is 2.65 bits per heavy atom. The van der Waals surface area contributed by atoms with Crippen LogP contribution < -0.4 is 0 Å². The minimum Gasteiger partial charge on any atom is -0.481 e. The van der Waals surface area contributed by atoms with E-state index in [9.17, 15) is 14.0 Å². The van der Waals surface area contributed by atoms with E-state index in [-0.39, 0.29) is 24.7 Å². The van der Waals surface area contributed by atoms with Crippen molar-refractivity contribution in [2.24, 2.45) is 0 Å². The van der Waals surface area contributed by atoms with Gasteiger partial charge in [0.2, 0.25) is 0 Å². The third kappa shape index (κ3) is 4.13. The molecule has 3 aromatic rings. The average Bonchev–Trinajstić information content (AvgIpc) is 3.16. The molecule has 5 nitrogen and oxygen atoms in total. The molecule has 0 unspecified atom stereocenters. The summed E-state index contributed by atoms with van der Waals surface area (Å²) in [5, 5.41) is 9.86.